The fourth-order valence-corrected chi connectivity index (χ4v) is 3.77. The second-order valence-corrected chi connectivity index (χ2v) is 7.47. The van der Waals surface area contributed by atoms with Gasteiger partial charge in [0.1, 0.15) is 17.0 Å². The van der Waals surface area contributed by atoms with Crippen molar-refractivity contribution in [3.63, 3.8) is 0 Å². The Morgan fingerprint density at radius 1 is 1.29 bits per heavy atom. The molecular formula is C22H20ClN5O3. The van der Waals surface area contributed by atoms with Crippen LogP contribution in [0.4, 0.5) is 5.95 Å². The first-order chi connectivity index (χ1) is 15.0. The summed E-state index contributed by atoms with van der Waals surface area (Å²) in [7, 11) is 3.27. The van der Waals surface area contributed by atoms with Gasteiger partial charge in [-0.05, 0) is 30.3 Å². The van der Waals surface area contributed by atoms with Crippen LogP contribution in [-0.4, -0.2) is 41.3 Å². The highest BCUT2D eigenvalue weighted by atomic mass is 35.5. The van der Waals surface area contributed by atoms with Crippen molar-refractivity contribution >= 4 is 17.5 Å². The summed E-state index contributed by atoms with van der Waals surface area (Å²) >= 11 is 6.01. The molecule has 0 saturated carbocycles. The highest BCUT2D eigenvalue weighted by molar-refractivity contribution is 6.29. The first-order valence-corrected chi connectivity index (χ1v) is 10.0. The maximum Gasteiger partial charge on any atom is 0.255 e. The smallest absolute Gasteiger partial charge is 0.255 e. The van der Waals surface area contributed by atoms with E-state index in [9.17, 15) is 10.1 Å². The van der Waals surface area contributed by atoms with Crippen LogP contribution in [0.25, 0.3) is 11.3 Å². The van der Waals surface area contributed by atoms with Crippen molar-refractivity contribution in [2.75, 3.05) is 31.7 Å². The van der Waals surface area contributed by atoms with E-state index < -0.39 is 0 Å². The zero-order valence-corrected chi connectivity index (χ0v) is 17.8. The topological polar surface area (TPSA) is 93.3 Å². The molecule has 0 aliphatic carbocycles. The minimum Gasteiger partial charge on any atom is -0.496 e. The van der Waals surface area contributed by atoms with Gasteiger partial charge in [0.25, 0.3) is 5.56 Å². The Morgan fingerprint density at radius 3 is 2.87 bits per heavy atom. The molecule has 1 atom stereocenters. The molecule has 0 amide bonds. The number of methoxy groups -OCH3 is 1. The molecule has 0 radical (unpaired) electrons. The van der Waals surface area contributed by atoms with Gasteiger partial charge in [-0.1, -0.05) is 11.6 Å². The van der Waals surface area contributed by atoms with Gasteiger partial charge in [0.15, 0.2) is 0 Å². The number of hydrogen-bond donors (Lipinski definition) is 0. The van der Waals surface area contributed by atoms with Gasteiger partial charge in [0, 0.05) is 37.0 Å². The number of anilines is 1. The molecule has 1 saturated heterocycles. The molecule has 1 fully saturated rings. The molecular weight excluding hydrogens is 418 g/mol. The quantitative estimate of drug-likeness (QED) is 0.579. The van der Waals surface area contributed by atoms with Crippen molar-refractivity contribution in [3.05, 3.63) is 69.2 Å². The number of aromatic nitrogens is 3. The maximum absolute atomic E-state index is 12.7. The zero-order valence-electron chi connectivity index (χ0n) is 17.1. The summed E-state index contributed by atoms with van der Waals surface area (Å²) in [6.07, 6.45) is 1.24. The van der Waals surface area contributed by atoms with Crippen molar-refractivity contribution in [2.45, 2.75) is 6.10 Å². The van der Waals surface area contributed by atoms with Gasteiger partial charge in [-0.3, -0.25) is 9.36 Å². The molecule has 1 aromatic carbocycles. The summed E-state index contributed by atoms with van der Waals surface area (Å²) in [6.45, 7) is 1.45. The van der Waals surface area contributed by atoms with E-state index in [1.807, 2.05) is 4.90 Å². The Hall–Kier alpha value is -3.41. The van der Waals surface area contributed by atoms with Crippen LogP contribution in [0.1, 0.15) is 17.2 Å². The normalized spacial score (nSPS) is 16.1. The molecule has 8 nitrogen and oxygen atoms in total. The second kappa shape index (κ2) is 8.76. The van der Waals surface area contributed by atoms with E-state index in [4.69, 9.17) is 26.1 Å². The lowest BCUT2D eigenvalue weighted by molar-refractivity contribution is 0.0374. The Balaban J connectivity index is 1.71. The van der Waals surface area contributed by atoms with E-state index in [-0.39, 0.29) is 11.7 Å². The van der Waals surface area contributed by atoms with Crippen molar-refractivity contribution < 1.29 is 9.47 Å². The van der Waals surface area contributed by atoms with Gasteiger partial charge in [-0.25, -0.2) is 9.97 Å². The third kappa shape index (κ3) is 4.24. The number of halogens is 1. The second-order valence-electron chi connectivity index (χ2n) is 7.08. The summed E-state index contributed by atoms with van der Waals surface area (Å²) in [5, 5.41) is 9.61. The fraction of sp³-hybridized carbons (Fsp3) is 0.273. The largest absolute Gasteiger partial charge is 0.496 e. The number of morpholine rings is 1. The lowest BCUT2D eigenvalue weighted by Crippen LogP contribution is -2.41. The summed E-state index contributed by atoms with van der Waals surface area (Å²) in [6, 6.07) is 12.3. The number of benzene rings is 1. The zero-order chi connectivity index (χ0) is 22.0. The first-order valence-electron chi connectivity index (χ1n) is 9.64. The molecule has 3 aromatic rings. The lowest BCUT2D eigenvalue weighted by Gasteiger charge is -2.35. The molecule has 31 heavy (non-hydrogen) atoms. The van der Waals surface area contributed by atoms with Gasteiger partial charge in [0.2, 0.25) is 5.95 Å². The Bertz CT molecular complexity index is 1220. The third-order valence-corrected chi connectivity index (χ3v) is 5.40. The van der Waals surface area contributed by atoms with Crippen LogP contribution in [0.15, 0.2) is 47.4 Å². The Kier molecular flexibility index (Phi) is 5.89. The molecule has 1 aliphatic rings. The molecule has 3 heterocycles. The minimum atomic E-state index is -0.340. The Morgan fingerprint density at radius 2 is 2.13 bits per heavy atom. The maximum atomic E-state index is 12.7. The molecule has 0 N–H and O–H groups in total. The molecule has 1 aliphatic heterocycles. The van der Waals surface area contributed by atoms with E-state index in [0.717, 1.165) is 5.56 Å². The Labute approximate surface area is 184 Å². The number of nitrogens with zero attached hydrogens (tertiary/aromatic N) is 5. The average Bonchev–Trinajstić information content (AvgIpc) is 2.80. The number of nitriles is 1. The van der Waals surface area contributed by atoms with E-state index in [1.54, 1.807) is 50.7 Å². The van der Waals surface area contributed by atoms with Crippen LogP contribution in [0, 0.1) is 11.3 Å². The summed E-state index contributed by atoms with van der Waals surface area (Å²) in [5.41, 5.74) is 2.37. The van der Waals surface area contributed by atoms with Gasteiger partial charge < -0.3 is 14.4 Å². The standard InChI is InChI=1S/C22H20ClN5O3/c1-27-21(29)11-17(15-5-6-25-20(23)10-15)26-22(27)28-7-8-31-19(13-28)16-9-14(12-24)3-4-18(16)30-2/h3-6,9-11,19H,7-8,13H2,1-2H3. The fourth-order valence-electron chi connectivity index (χ4n) is 3.59. The minimum absolute atomic E-state index is 0.181. The van der Waals surface area contributed by atoms with Crippen LogP contribution in [0.3, 0.4) is 0 Å². The highest BCUT2D eigenvalue weighted by Gasteiger charge is 2.27. The van der Waals surface area contributed by atoms with Gasteiger partial charge in [-0.2, -0.15) is 5.26 Å². The molecule has 9 heteroatoms. The van der Waals surface area contributed by atoms with Gasteiger partial charge in [0.05, 0.1) is 37.6 Å². The molecule has 4 rings (SSSR count). The predicted molar refractivity (Wildman–Crippen MR) is 116 cm³/mol. The number of ether oxygens (including phenoxy) is 2. The average molecular weight is 438 g/mol. The first kappa shape index (κ1) is 20.8. The van der Waals surface area contributed by atoms with Crippen LogP contribution in [0.2, 0.25) is 5.15 Å². The van der Waals surface area contributed by atoms with Crippen molar-refractivity contribution in [3.8, 4) is 23.1 Å². The SMILES string of the molecule is COc1ccc(C#N)cc1C1CN(c2nc(-c3ccnc(Cl)c3)cc(=O)n2C)CCO1. The molecule has 2 aromatic heterocycles. The molecule has 0 bridgehead atoms. The van der Waals surface area contributed by atoms with E-state index in [1.165, 1.54) is 10.6 Å². The number of pyridine rings is 1. The third-order valence-electron chi connectivity index (χ3n) is 5.19. The van der Waals surface area contributed by atoms with Gasteiger partial charge >= 0.3 is 0 Å². The van der Waals surface area contributed by atoms with Crippen molar-refractivity contribution in [2.24, 2.45) is 7.05 Å². The van der Waals surface area contributed by atoms with Crippen molar-refractivity contribution in [1.82, 2.24) is 14.5 Å². The van der Waals surface area contributed by atoms with Gasteiger partial charge in [-0.15, -0.1) is 0 Å². The monoisotopic (exact) mass is 437 g/mol. The molecule has 158 valence electrons. The summed E-state index contributed by atoms with van der Waals surface area (Å²) in [4.78, 5) is 23.4. The van der Waals surface area contributed by atoms with Crippen LogP contribution < -0.4 is 15.2 Å². The number of hydrogen-bond acceptors (Lipinski definition) is 7. The van der Waals surface area contributed by atoms with E-state index in [2.05, 4.69) is 11.1 Å². The van der Waals surface area contributed by atoms with Crippen LogP contribution in [-0.2, 0) is 11.8 Å². The van der Waals surface area contributed by atoms with Crippen molar-refractivity contribution in [1.29, 1.82) is 5.26 Å². The lowest BCUT2D eigenvalue weighted by atomic mass is 10.0. The highest BCUT2D eigenvalue weighted by Crippen LogP contribution is 2.32. The number of rotatable bonds is 4. The summed E-state index contributed by atoms with van der Waals surface area (Å²) < 4.78 is 13.0. The molecule has 0 spiro atoms. The van der Waals surface area contributed by atoms with Crippen LogP contribution >= 0.6 is 11.6 Å². The molecule has 1 unspecified atom stereocenters. The summed E-state index contributed by atoms with van der Waals surface area (Å²) in [5.74, 6) is 1.17. The van der Waals surface area contributed by atoms with E-state index >= 15 is 0 Å². The van der Waals surface area contributed by atoms with E-state index in [0.29, 0.717) is 53.4 Å². The predicted octanol–water partition coefficient (Wildman–Crippen LogP) is 2.95. The van der Waals surface area contributed by atoms with Crippen LogP contribution in [0.5, 0.6) is 5.75 Å².